The first-order chi connectivity index (χ1) is 6.73. The largest absolute Gasteiger partial charge is 0.477 e. The van der Waals surface area contributed by atoms with Crippen LogP contribution < -0.4 is 0 Å². The SMILES string of the molecule is CC(c1cc(Br)sc1C(=O)O)C(C)(C)C. The van der Waals surface area contributed by atoms with Gasteiger partial charge in [0.1, 0.15) is 4.88 Å². The van der Waals surface area contributed by atoms with Crippen LogP contribution in [0.15, 0.2) is 9.85 Å². The van der Waals surface area contributed by atoms with Crippen molar-refractivity contribution in [2.75, 3.05) is 0 Å². The van der Waals surface area contributed by atoms with Crippen LogP contribution in [0.2, 0.25) is 0 Å². The highest BCUT2D eigenvalue weighted by Crippen LogP contribution is 2.40. The fourth-order valence-corrected chi connectivity index (χ4v) is 2.88. The second-order valence-electron chi connectivity index (χ2n) is 4.73. The number of halogens is 1. The van der Waals surface area contributed by atoms with E-state index in [2.05, 4.69) is 43.6 Å². The maximum atomic E-state index is 11.1. The summed E-state index contributed by atoms with van der Waals surface area (Å²) >= 11 is 4.63. The molecule has 1 heterocycles. The Hall–Kier alpha value is -0.350. The molecule has 1 aromatic rings. The third-order valence-electron chi connectivity index (χ3n) is 2.69. The zero-order valence-electron chi connectivity index (χ0n) is 9.30. The van der Waals surface area contributed by atoms with Gasteiger partial charge in [0.15, 0.2) is 0 Å². The van der Waals surface area contributed by atoms with Crippen molar-refractivity contribution in [3.8, 4) is 0 Å². The predicted molar refractivity (Wildman–Crippen MR) is 66.8 cm³/mol. The van der Waals surface area contributed by atoms with Gasteiger partial charge in [0.25, 0.3) is 0 Å². The molecule has 0 saturated heterocycles. The highest BCUT2D eigenvalue weighted by atomic mass is 79.9. The molecule has 84 valence electrons. The summed E-state index contributed by atoms with van der Waals surface area (Å²) in [5, 5.41) is 9.08. The van der Waals surface area contributed by atoms with Crippen LogP contribution in [-0.4, -0.2) is 11.1 Å². The van der Waals surface area contributed by atoms with Gasteiger partial charge in [0, 0.05) is 0 Å². The Morgan fingerprint density at radius 2 is 2.07 bits per heavy atom. The molecule has 1 aromatic heterocycles. The molecule has 4 heteroatoms. The average Bonchev–Trinajstić information content (AvgIpc) is 2.44. The van der Waals surface area contributed by atoms with Gasteiger partial charge in [0.2, 0.25) is 0 Å². The van der Waals surface area contributed by atoms with Crippen LogP contribution >= 0.6 is 27.3 Å². The third kappa shape index (κ3) is 2.82. The summed E-state index contributed by atoms with van der Waals surface area (Å²) in [6.07, 6.45) is 0. The minimum absolute atomic E-state index is 0.0741. The number of hydrogen-bond donors (Lipinski definition) is 1. The number of carbonyl (C=O) groups is 1. The van der Waals surface area contributed by atoms with Crippen molar-refractivity contribution in [2.24, 2.45) is 5.41 Å². The molecule has 0 aliphatic heterocycles. The standard InChI is InChI=1S/C11H15BrO2S/c1-6(11(2,3)4)7-5-8(12)15-9(7)10(13)14/h5-6H,1-4H3,(H,13,14). The normalized spacial score (nSPS) is 13.9. The average molecular weight is 291 g/mol. The van der Waals surface area contributed by atoms with Gasteiger partial charge in [0.05, 0.1) is 3.79 Å². The lowest BCUT2D eigenvalue weighted by atomic mass is 9.78. The van der Waals surface area contributed by atoms with Crippen molar-refractivity contribution in [1.82, 2.24) is 0 Å². The molecule has 1 atom stereocenters. The number of hydrogen-bond acceptors (Lipinski definition) is 2. The molecule has 0 amide bonds. The van der Waals surface area contributed by atoms with Gasteiger partial charge in [-0.25, -0.2) is 4.79 Å². The molecule has 1 N–H and O–H groups in total. The summed E-state index contributed by atoms with van der Waals surface area (Å²) in [6, 6.07) is 1.92. The van der Waals surface area contributed by atoms with Gasteiger partial charge in [-0.15, -0.1) is 11.3 Å². The zero-order chi connectivity index (χ0) is 11.8. The number of rotatable bonds is 2. The van der Waals surface area contributed by atoms with Crippen LogP contribution in [0, 0.1) is 5.41 Å². The Morgan fingerprint density at radius 1 is 1.53 bits per heavy atom. The van der Waals surface area contributed by atoms with Gasteiger partial charge < -0.3 is 5.11 Å². The van der Waals surface area contributed by atoms with E-state index in [1.807, 2.05) is 6.07 Å². The minimum Gasteiger partial charge on any atom is -0.477 e. The van der Waals surface area contributed by atoms with Gasteiger partial charge in [-0.3, -0.25) is 0 Å². The molecule has 1 unspecified atom stereocenters. The monoisotopic (exact) mass is 290 g/mol. The van der Waals surface area contributed by atoms with Crippen molar-refractivity contribution >= 4 is 33.2 Å². The van der Waals surface area contributed by atoms with Crippen molar-refractivity contribution < 1.29 is 9.90 Å². The summed E-state index contributed by atoms with van der Waals surface area (Å²) in [6.45, 7) is 8.43. The summed E-state index contributed by atoms with van der Waals surface area (Å²) in [4.78, 5) is 11.5. The minimum atomic E-state index is -0.836. The Bertz CT molecular complexity index is 376. The van der Waals surface area contributed by atoms with Gasteiger partial charge >= 0.3 is 5.97 Å². The summed E-state index contributed by atoms with van der Waals surface area (Å²) in [5.74, 6) is -0.608. The molecule has 0 fully saturated rings. The van der Waals surface area contributed by atoms with Gasteiger partial charge in [-0.05, 0) is 38.9 Å². The Morgan fingerprint density at radius 3 is 2.47 bits per heavy atom. The third-order valence-corrected chi connectivity index (χ3v) is 4.33. The summed E-state index contributed by atoms with van der Waals surface area (Å²) in [7, 11) is 0. The fraction of sp³-hybridized carbons (Fsp3) is 0.545. The molecular formula is C11H15BrO2S. The van der Waals surface area contributed by atoms with Crippen molar-refractivity contribution in [3.05, 3.63) is 20.3 Å². The fourth-order valence-electron chi connectivity index (χ4n) is 1.33. The molecule has 0 aromatic carbocycles. The lowest BCUT2D eigenvalue weighted by Gasteiger charge is -2.27. The van der Waals surface area contributed by atoms with Crippen LogP contribution in [0.4, 0.5) is 0 Å². The molecule has 15 heavy (non-hydrogen) atoms. The Balaban J connectivity index is 3.19. The first kappa shape index (κ1) is 12.7. The van der Waals surface area contributed by atoms with Crippen molar-refractivity contribution in [3.63, 3.8) is 0 Å². The molecule has 1 rings (SSSR count). The first-order valence-corrected chi connectivity index (χ1v) is 6.37. The Labute approximate surface area is 102 Å². The Kier molecular flexibility index (Phi) is 3.61. The molecule has 0 aliphatic rings. The quantitative estimate of drug-likeness (QED) is 0.879. The van der Waals surface area contributed by atoms with E-state index in [9.17, 15) is 4.79 Å². The molecule has 0 bridgehead atoms. The highest BCUT2D eigenvalue weighted by molar-refractivity contribution is 9.11. The molecular weight excluding hydrogens is 276 g/mol. The van der Waals surface area contributed by atoms with Crippen LogP contribution in [0.25, 0.3) is 0 Å². The number of carboxylic acid groups (broad SMARTS) is 1. The van der Waals surface area contributed by atoms with E-state index >= 15 is 0 Å². The number of carboxylic acids is 1. The summed E-state index contributed by atoms with van der Waals surface area (Å²) < 4.78 is 0.881. The van der Waals surface area contributed by atoms with Gasteiger partial charge in [-0.1, -0.05) is 27.7 Å². The molecule has 0 spiro atoms. The number of aromatic carboxylic acids is 1. The van der Waals surface area contributed by atoms with Crippen LogP contribution in [0.1, 0.15) is 48.8 Å². The van der Waals surface area contributed by atoms with E-state index in [0.29, 0.717) is 4.88 Å². The zero-order valence-corrected chi connectivity index (χ0v) is 11.7. The second-order valence-corrected chi connectivity index (χ2v) is 7.16. The maximum Gasteiger partial charge on any atom is 0.346 e. The van der Waals surface area contributed by atoms with E-state index in [1.54, 1.807) is 0 Å². The topological polar surface area (TPSA) is 37.3 Å². The number of thiophene rings is 1. The second kappa shape index (κ2) is 4.26. The first-order valence-electron chi connectivity index (χ1n) is 4.76. The van der Waals surface area contributed by atoms with Crippen LogP contribution in [0.3, 0.4) is 0 Å². The van der Waals surface area contributed by atoms with E-state index in [1.165, 1.54) is 11.3 Å². The van der Waals surface area contributed by atoms with Crippen LogP contribution in [0.5, 0.6) is 0 Å². The molecule has 0 aliphatic carbocycles. The van der Waals surface area contributed by atoms with Crippen LogP contribution in [-0.2, 0) is 0 Å². The van der Waals surface area contributed by atoms with Crippen molar-refractivity contribution in [1.29, 1.82) is 0 Å². The predicted octanol–water partition coefficient (Wildman–Crippen LogP) is 4.36. The molecule has 0 saturated carbocycles. The smallest absolute Gasteiger partial charge is 0.346 e. The van der Waals surface area contributed by atoms with E-state index in [0.717, 1.165) is 9.35 Å². The van der Waals surface area contributed by atoms with Crippen molar-refractivity contribution in [2.45, 2.75) is 33.6 Å². The van der Waals surface area contributed by atoms with E-state index in [-0.39, 0.29) is 11.3 Å². The van der Waals surface area contributed by atoms with E-state index in [4.69, 9.17) is 5.11 Å². The molecule has 2 nitrogen and oxygen atoms in total. The maximum absolute atomic E-state index is 11.1. The highest BCUT2D eigenvalue weighted by Gasteiger charge is 2.27. The van der Waals surface area contributed by atoms with Gasteiger partial charge in [-0.2, -0.15) is 0 Å². The molecule has 0 radical (unpaired) electrons. The summed E-state index contributed by atoms with van der Waals surface area (Å²) in [5.41, 5.74) is 0.997. The van der Waals surface area contributed by atoms with E-state index < -0.39 is 5.97 Å². The lowest BCUT2D eigenvalue weighted by Crippen LogP contribution is -2.16. The lowest BCUT2D eigenvalue weighted by molar-refractivity contribution is 0.0700.